The van der Waals surface area contributed by atoms with E-state index in [0.29, 0.717) is 0 Å². The van der Waals surface area contributed by atoms with E-state index >= 15 is 0 Å². The first-order chi connectivity index (χ1) is 8.69. The highest BCUT2D eigenvalue weighted by molar-refractivity contribution is 5.89. The molecule has 100 valence electrons. The van der Waals surface area contributed by atoms with Gasteiger partial charge in [-0.2, -0.15) is 0 Å². The van der Waals surface area contributed by atoms with E-state index in [1.165, 1.54) is 0 Å². The van der Waals surface area contributed by atoms with Crippen LogP contribution in [0, 0.1) is 0 Å². The molecule has 4 N–H and O–H groups in total. The lowest BCUT2D eigenvalue weighted by Gasteiger charge is -2.15. The lowest BCUT2D eigenvalue weighted by atomic mass is 10.1. The molecule has 0 amide bonds. The SMILES string of the molecule is OCC(=NOCc1ccccc1)[C@@H](O)[C@H](O)CO. The van der Waals surface area contributed by atoms with Crippen molar-refractivity contribution in [2.75, 3.05) is 13.2 Å². The van der Waals surface area contributed by atoms with Gasteiger partial charge in [-0.05, 0) is 5.56 Å². The summed E-state index contributed by atoms with van der Waals surface area (Å²) in [6.45, 7) is -1.00. The van der Waals surface area contributed by atoms with Gasteiger partial charge in [0, 0.05) is 0 Å². The van der Waals surface area contributed by atoms with Gasteiger partial charge in [-0.3, -0.25) is 0 Å². The van der Waals surface area contributed by atoms with Gasteiger partial charge in [-0.1, -0.05) is 35.5 Å². The number of hydrogen-bond acceptors (Lipinski definition) is 6. The fourth-order valence-corrected chi connectivity index (χ4v) is 1.26. The molecule has 0 radical (unpaired) electrons. The highest BCUT2D eigenvalue weighted by Gasteiger charge is 2.21. The molecule has 1 aromatic carbocycles. The minimum Gasteiger partial charge on any atom is -0.394 e. The number of aliphatic hydroxyl groups excluding tert-OH is 4. The summed E-state index contributed by atoms with van der Waals surface area (Å²) in [4.78, 5) is 4.96. The number of rotatable bonds is 7. The van der Waals surface area contributed by atoms with Crippen LogP contribution >= 0.6 is 0 Å². The van der Waals surface area contributed by atoms with E-state index in [1.54, 1.807) is 0 Å². The van der Waals surface area contributed by atoms with E-state index < -0.39 is 25.4 Å². The van der Waals surface area contributed by atoms with Crippen molar-refractivity contribution in [3.63, 3.8) is 0 Å². The molecular weight excluding hydrogens is 238 g/mol. The predicted octanol–water partition coefficient (Wildman–Crippen LogP) is -0.734. The lowest BCUT2D eigenvalue weighted by molar-refractivity contribution is 0.0130. The van der Waals surface area contributed by atoms with Crippen molar-refractivity contribution in [1.29, 1.82) is 0 Å². The summed E-state index contributed by atoms with van der Waals surface area (Å²) in [5.41, 5.74) is 0.753. The normalized spacial score (nSPS) is 15.2. The number of aliphatic hydroxyl groups is 4. The molecule has 1 rings (SSSR count). The van der Waals surface area contributed by atoms with Crippen LogP contribution in [-0.2, 0) is 11.4 Å². The lowest BCUT2D eigenvalue weighted by Crippen LogP contribution is -2.38. The van der Waals surface area contributed by atoms with Gasteiger partial charge >= 0.3 is 0 Å². The zero-order chi connectivity index (χ0) is 13.4. The summed E-state index contributed by atoms with van der Waals surface area (Å²) in [5.74, 6) is 0. The maximum atomic E-state index is 9.49. The number of oxime groups is 1. The Morgan fingerprint density at radius 1 is 1.17 bits per heavy atom. The molecule has 0 saturated carbocycles. The third-order valence-electron chi connectivity index (χ3n) is 2.31. The van der Waals surface area contributed by atoms with Gasteiger partial charge in [-0.25, -0.2) is 0 Å². The van der Waals surface area contributed by atoms with Crippen LogP contribution in [-0.4, -0.2) is 51.6 Å². The van der Waals surface area contributed by atoms with E-state index in [1.807, 2.05) is 30.3 Å². The highest BCUT2D eigenvalue weighted by Crippen LogP contribution is 2.02. The molecule has 0 aromatic heterocycles. The van der Waals surface area contributed by atoms with Gasteiger partial charge in [-0.15, -0.1) is 0 Å². The van der Waals surface area contributed by atoms with Crippen LogP contribution in [0.1, 0.15) is 5.56 Å². The van der Waals surface area contributed by atoms with Gasteiger partial charge in [0.05, 0.1) is 13.2 Å². The monoisotopic (exact) mass is 255 g/mol. The fraction of sp³-hybridized carbons (Fsp3) is 0.417. The Balaban J connectivity index is 2.53. The molecule has 0 bridgehead atoms. The Kier molecular flexibility index (Phi) is 6.31. The molecule has 0 aliphatic rings. The van der Waals surface area contributed by atoms with E-state index in [9.17, 15) is 10.2 Å². The molecule has 0 spiro atoms. The van der Waals surface area contributed by atoms with Crippen molar-refractivity contribution in [1.82, 2.24) is 0 Å². The van der Waals surface area contributed by atoms with Gasteiger partial charge in [0.1, 0.15) is 24.5 Å². The molecule has 0 heterocycles. The van der Waals surface area contributed by atoms with E-state index in [0.717, 1.165) is 5.56 Å². The Hall–Kier alpha value is -1.47. The summed E-state index contributed by atoms with van der Waals surface area (Å²) in [6.07, 6.45) is -2.84. The van der Waals surface area contributed by atoms with Gasteiger partial charge in [0.15, 0.2) is 0 Å². The average molecular weight is 255 g/mol. The van der Waals surface area contributed by atoms with Crippen molar-refractivity contribution in [2.24, 2.45) is 5.16 Å². The summed E-state index contributed by atoms with van der Waals surface area (Å²) in [6, 6.07) is 9.24. The zero-order valence-corrected chi connectivity index (χ0v) is 9.81. The van der Waals surface area contributed by atoms with Crippen LogP contribution in [0.15, 0.2) is 35.5 Å². The molecule has 6 nitrogen and oxygen atoms in total. The van der Waals surface area contributed by atoms with Crippen molar-refractivity contribution in [3.8, 4) is 0 Å². The Bertz CT molecular complexity index is 368. The van der Waals surface area contributed by atoms with Crippen molar-refractivity contribution in [3.05, 3.63) is 35.9 Å². The summed E-state index contributed by atoms with van der Waals surface area (Å²) < 4.78 is 0. The second-order valence-corrected chi connectivity index (χ2v) is 3.69. The van der Waals surface area contributed by atoms with E-state index in [2.05, 4.69) is 5.16 Å². The summed E-state index contributed by atoms with van der Waals surface area (Å²) in [5, 5.41) is 39.9. The first kappa shape index (κ1) is 14.6. The first-order valence-electron chi connectivity index (χ1n) is 5.49. The van der Waals surface area contributed by atoms with Crippen LogP contribution < -0.4 is 0 Å². The maximum absolute atomic E-state index is 9.49. The molecule has 0 unspecified atom stereocenters. The quantitative estimate of drug-likeness (QED) is 0.380. The molecule has 0 fully saturated rings. The molecule has 0 aliphatic heterocycles. The molecule has 0 saturated heterocycles. The predicted molar refractivity (Wildman–Crippen MR) is 64.9 cm³/mol. The maximum Gasteiger partial charge on any atom is 0.142 e. The highest BCUT2D eigenvalue weighted by atomic mass is 16.6. The first-order valence-corrected chi connectivity index (χ1v) is 5.49. The van der Waals surface area contributed by atoms with Crippen molar-refractivity contribution in [2.45, 2.75) is 18.8 Å². The zero-order valence-electron chi connectivity index (χ0n) is 9.81. The Morgan fingerprint density at radius 2 is 1.83 bits per heavy atom. The van der Waals surface area contributed by atoms with Gasteiger partial charge in [0.25, 0.3) is 0 Å². The van der Waals surface area contributed by atoms with Crippen molar-refractivity contribution < 1.29 is 25.3 Å². The average Bonchev–Trinajstić information content (AvgIpc) is 2.43. The van der Waals surface area contributed by atoms with Crippen LogP contribution in [0.25, 0.3) is 0 Å². The molecule has 2 atom stereocenters. The van der Waals surface area contributed by atoms with Crippen molar-refractivity contribution >= 4 is 5.71 Å². The van der Waals surface area contributed by atoms with Crippen LogP contribution in [0.3, 0.4) is 0 Å². The Morgan fingerprint density at radius 3 is 2.39 bits per heavy atom. The smallest absolute Gasteiger partial charge is 0.142 e. The van der Waals surface area contributed by atoms with Gasteiger partial charge in [0.2, 0.25) is 0 Å². The number of hydrogen-bond donors (Lipinski definition) is 4. The number of benzene rings is 1. The van der Waals surface area contributed by atoms with E-state index in [-0.39, 0.29) is 12.3 Å². The topological polar surface area (TPSA) is 103 Å². The number of nitrogens with zero attached hydrogens (tertiary/aromatic N) is 1. The third kappa shape index (κ3) is 4.42. The summed E-state index contributed by atoms with van der Waals surface area (Å²) >= 11 is 0. The van der Waals surface area contributed by atoms with Crippen LogP contribution in [0.2, 0.25) is 0 Å². The van der Waals surface area contributed by atoms with Gasteiger partial charge < -0.3 is 25.3 Å². The fourth-order valence-electron chi connectivity index (χ4n) is 1.26. The largest absolute Gasteiger partial charge is 0.394 e. The molecule has 0 aliphatic carbocycles. The second-order valence-electron chi connectivity index (χ2n) is 3.69. The molecule has 6 heteroatoms. The third-order valence-corrected chi connectivity index (χ3v) is 2.31. The van der Waals surface area contributed by atoms with E-state index in [4.69, 9.17) is 15.1 Å². The minimum atomic E-state index is -1.45. The molecule has 1 aromatic rings. The second kappa shape index (κ2) is 7.78. The minimum absolute atomic E-state index is 0.132. The molecule has 18 heavy (non-hydrogen) atoms. The summed E-state index contributed by atoms with van der Waals surface area (Å²) in [7, 11) is 0. The van der Waals surface area contributed by atoms with Crippen LogP contribution in [0.4, 0.5) is 0 Å². The standard InChI is InChI=1S/C12H17NO5/c14-6-10(12(17)11(16)7-15)13-18-8-9-4-2-1-3-5-9/h1-5,11-12,14-17H,6-8H2/t11-,12-/m1/s1. The molecular formula is C12H17NO5. The Labute approximate surface area is 105 Å². The van der Waals surface area contributed by atoms with Crippen LogP contribution in [0.5, 0.6) is 0 Å².